The van der Waals surface area contributed by atoms with Gasteiger partial charge in [-0.1, -0.05) is 29.1 Å². The number of carbonyl (C=O) groups is 2. The van der Waals surface area contributed by atoms with E-state index in [2.05, 4.69) is 41.0 Å². The van der Waals surface area contributed by atoms with Crippen LogP contribution in [0.2, 0.25) is 0 Å². The average molecular weight is 581 g/mol. The molecule has 1 saturated carbocycles. The summed E-state index contributed by atoms with van der Waals surface area (Å²) in [6, 6.07) is 6.93. The molecular formula is C26H28N8O4S2. The molecule has 5 rings (SSSR count). The van der Waals surface area contributed by atoms with Gasteiger partial charge in [0.2, 0.25) is 22.1 Å². The second-order valence-electron chi connectivity index (χ2n) is 9.28. The Hall–Kier alpha value is -4.04. The molecule has 2 atom stereocenters. The first-order chi connectivity index (χ1) is 19.5. The van der Waals surface area contributed by atoms with E-state index in [-0.39, 0.29) is 36.5 Å². The molecule has 4 heterocycles. The average Bonchev–Trinajstić information content (AvgIpc) is 3.63. The third-order valence-corrected chi connectivity index (χ3v) is 8.48. The van der Waals surface area contributed by atoms with Gasteiger partial charge in [-0.05, 0) is 31.4 Å². The number of ether oxygens (including phenoxy) is 2. The zero-order chi connectivity index (χ0) is 27.9. The highest BCUT2D eigenvalue weighted by molar-refractivity contribution is 7.15. The van der Waals surface area contributed by atoms with Gasteiger partial charge in [-0.3, -0.25) is 19.6 Å². The minimum atomic E-state index is -0.212. The van der Waals surface area contributed by atoms with E-state index in [1.54, 1.807) is 50.9 Å². The van der Waals surface area contributed by atoms with E-state index in [0.29, 0.717) is 33.1 Å². The Morgan fingerprint density at radius 2 is 1.27 bits per heavy atom. The van der Waals surface area contributed by atoms with E-state index in [9.17, 15) is 9.59 Å². The molecule has 208 valence electrons. The molecule has 0 aromatic carbocycles. The number of hydrogen-bond donors (Lipinski definition) is 2. The van der Waals surface area contributed by atoms with Crippen molar-refractivity contribution in [2.75, 3.05) is 24.9 Å². The third kappa shape index (κ3) is 7.12. The second-order valence-corrected chi connectivity index (χ2v) is 11.3. The van der Waals surface area contributed by atoms with Crippen LogP contribution in [0.25, 0.3) is 0 Å². The van der Waals surface area contributed by atoms with Gasteiger partial charge in [0.1, 0.15) is 21.5 Å². The third-order valence-electron chi connectivity index (χ3n) is 6.48. The topological polar surface area (TPSA) is 154 Å². The fourth-order valence-electron chi connectivity index (χ4n) is 4.55. The fraction of sp³-hybridized carbons (Fsp3) is 0.385. The summed E-state index contributed by atoms with van der Waals surface area (Å²) >= 11 is 2.79. The fourth-order valence-corrected chi connectivity index (χ4v) is 6.37. The van der Waals surface area contributed by atoms with E-state index in [4.69, 9.17) is 9.47 Å². The quantitative estimate of drug-likeness (QED) is 0.281. The number of rotatable bonds is 10. The second kappa shape index (κ2) is 12.9. The van der Waals surface area contributed by atoms with Gasteiger partial charge in [0.15, 0.2) is 0 Å². The van der Waals surface area contributed by atoms with Crippen molar-refractivity contribution in [1.82, 2.24) is 30.4 Å². The molecule has 1 aliphatic carbocycles. The van der Waals surface area contributed by atoms with Gasteiger partial charge in [-0.15, -0.1) is 20.4 Å². The predicted octanol–water partition coefficient (Wildman–Crippen LogP) is 4.00. The lowest BCUT2D eigenvalue weighted by atomic mass is 9.82. The van der Waals surface area contributed by atoms with Crippen molar-refractivity contribution in [1.29, 1.82) is 0 Å². The molecule has 2 amide bonds. The number of hydrogen-bond acceptors (Lipinski definition) is 12. The highest BCUT2D eigenvalue weighted by Gasteiger charge is 2.29. The van der Waals surface area contributed by atoms with Gasteiger partial charge < -0.3 is 20.1 Å². The van der Waals surface area contributed by atoms with Gasteiger partial charge >= 0.3 is 0 Å². The van der Waals surface area contributed by atoms with Gasteiger partial charge in [-0.25, -0.2) is 0 Å². The molecular weight excluding hydrogens is 552 g/mol. The first-order valence-corrected chi connectivity index (χ1v) is 14.4. The van der Waals surface area contributed by atoms with Crippen LogP contribution in [0.5, 0.6) is 11.5 Å². The van der Waals surface area contributed by atoms with Crippen molar-refractivity contribution >= 4 is 44.8 Å². The van der Waals surface area contributed by atoms with Crippen LogP contribution >= 0.6 is 22.7 Å². The van der Waals surface area contributed by atoms with Crippen LogP contribution in [0.4, 0.5) is 10.3 Å². The van der Waals surface area contributed by atoms with Gasteiger partial charge in [0, 0.05) is 36.4 Å². The molecule has 0 radical (unpaired) electrons. The minimum absolute atomic E-state index is 0.115. The Kier molecular flexibility index (Phi) is 8.86. The highest BCUT2D eigenvalue weighted by Crippen LogP contribution is 2.43. The molecule has 0 aliphatic heterocycles. The number of nitrogens with one attached hydrogen (secondary N) is 2. The summed E-state index contributed by atoms with van der Waals surface area (Å²) in [6.07, 6.45) is 7.30. The minimum Gasteiger partial charge on any atom is -0.497 e. The van der Waals surface area contributed by atoms with Crippen molar-refractivity contribution in [3.63, 3.8) is 0 Å². The van der Waals surface area contributed by atoms with Crippen LogP contribution < -0.4 is 20.1 Å². The molecule has 4 aromatic rings. The van der Waals surface area contributed by atoms with Crippen LogP contribution in [-0.2, 0) is 22.4 Å². The number of amides is 2. The van der Waals surface area contributed by atoms with E-state index in [1.807, 2.05) is 0 Å². The molecule has 0 spiro atoms. The van der Waals surface area contributed by atoms with Crippen molar-refractivity contribution in [2.24, 2.45) is 0 Å². The summed E-state index contributed by atoms with van der Waals surface area (Å²) in [5.74, 6) is 1.30. The Bertz CT molecular complexity index is 1370. The smallest absolute Gasteiger partial charge is 0.232 e. The van der Waals surface area contributed by atoms with Crippen LogP contribution in [0.15, 0.2) is 36.7 Å². The van der Waals surface area contributed by atoms with E-state index in [1.165, 1.54) is 22.7 Å². The number of methoxy groups -OCH3 is 2. The zero-order valence-corrected chi connectivity index (χ0v) is 23.6. The molecule has 0 bridgehead atoms. The lowest BCUT2D eigenvalue weighted by Crippen LogP contribution is -2.15. The maximum absolute atomic E-state index is 12.5. The van der Waals surface area contributed by atoms with E-state index in [0.717, 1.165) is 35.7 Å². The van der Waals surface area contributed by atoms with Gasteiger partial charge in [-0.2, -0.15) is 0 Å². The molecule has 4 aromatic heterocycles. The summed E-state index contributed by atoms with van der Waals surface area (Å²) in [7, 11) is 3.14. The summed E-state index contributed by atoms with van der Waals surface area (Å²) in [5, 5.41) is 25.5. The van der Waals surface area contributed by atoms with Crippen LogP contribution in [0.1, 0.15) is 58.9 Å². The van der Waals surface area contributed by atoms with Crippen LogP contribution in [0, 0.1) is 0 Å². The lowest BCUT2D eigenvalue weighted by molar-refractivity contribution is -0.116. The molecule has 0 unspecified atom stereocenters. The standard InChI is InChI=1S/C26H28N8O4S2/c1-37-19-6-8-27-17(11-19)13-21(35)29-25-33-31-23(39-25)15-4-3-5-16(10-15)24-32-34-26(40-24)30-22(36)14-18-12-20(38-2)7-9-28-18/h6-9,11-12,15-16H,3-5,10,13-14H2,1-2H3,(H,29,33,35)(H,30,34,36)/t15-,16-/m1/s1. The molecule has 1 aliphatic rings. The normalized spacial score (nSPS) is 16.8. The predicted molar refractivity (Wildman–Crippen MR) is 150 cm³/mol. The van der Waals surface area contributed by atoms with Crippen molar-refractivity contribution < 1.29 is 19.1 Å². The van der Waals surface area contributed by atoms with Crippen LogP contribution in [-0.4, -0.2) is 56.4 Å². The van der Waals surface area contributed by atoms with E-state index >= 15 is 0 Å². The van der Waals surface area contributed by atoms with Crippen molar-refractivity contribution in [2.45, 2.75) is 50.4 Å². The molecule has 2 N–H and O–H groups in total. The Morgan fingerprint density at radius 3 is 1.73 bits per heavy atom. The van der Waals surface area contributed by atoms with Crippen LogP contribution in [0.3, 0.4) is 0 Å². The molecule has 0 saturated heterocycles. The number of pyridine rings is 2. The first-order valence-electron chi connectivity index (χ1n) is 12.7. The Labute approximate surface area is 238 Å². The van der Waals surface area contributed by atoms with Gasteiger partial charge in [0.25, 0.3) is 0 Å². The summed E-state index contributed by atoms with van der Waals surface area (Å²) in [5.41, 5.74) is 1.22. The van der Waals surface area contributed by atoms with E-state index < -0.39 is 0 Å². The summed E-state index contributed by atoms with van der Waals surface area (Å²) in [6.45, 7) is 0. The van der Waals surface area contributed by atoms with Crippen molar-refractivity contribution in [3.05, 3.63) is 58.1 Å². The SMILES string of the molecule is COc1ccnc(CC(=O)Nc2nnc([C@@H]3CCC[C@@H](c4nnc(NC(=O)Cc5cc(OC)ccn5)s4)C3)s2)c1. The van der Waals surface area contributed by atoms with Gasteiger partial charge in [0.05, 0.1) is 38.4 Å². The largest absolute Gasteiger partial charge is 0.497 e. The summed E-state index contributed by atoms with van der Waals surface area (Å²) < 4.78 is 10.4. The number of nitrogens with zero attached hydrogens (tertiary/aromatic N) is 6. The Balaban J connectivity index is 1.14. The maximum atomic E-state index is 12.5. The van der Waals surface area contributed by atoms with Crippen molar-refractivity contribution in [3.8, 4) is 11.5 Å². The highest BCUT2D eigenvalue weighted by atomic mass is 32.1. The zero-order valence-electron chi connectivity index (χ0n) is 22.0. The first kappa shape index (κ1) is 27.5. The molecule has 1 fully saturated rings. The maximum Gasteiger partial charge on any atom is 0.232 e. The molecule has 14 heteroatoms. The Morgan fingerprint density at radius 1 is 0.800 bits per heavy atom. The number of carbonyl (C=O) groups excluding carboxylic acids is 2. The number of anilines is 2. The molecule has 12 nitrogen and oxygen atoms in total. The lowest BCUT2D eigenvalue weighted by Gasteiger charge is -2.25. The summed E-state index contributed by atoms with van der Waals surface area (Å²) in [4.78, 5) is 33.4. The number of aromatic nitrogens is 6. The molecule has 40 heavy (non-hydrogen) atoms. The monoisotopic (exact) mass is 580 g/mol.